The molecule has 2 amide bonds. The van der Waals surface area contributed by atoms with E-state index < -0.39 is 11.8 Å². The highest BCUT2D eigenvalue weighted by atomic mass is 35.5. The number of imide groups is 1. The van der Waals surface area contributed by atoms with Crippen LogP contribution in [0.15, 0.2) is 132 Å². The number of hydrogen-bond donors (Lipinski definition) is 0. The van der Waals surface area contributed by atoms with E-state index in [2.05, 4.69) is 0 Å². The van der Waals surface area contributed by atoms with E-state index in [9.17, 15) is 14.9 Å². The lowest BCUT2D eigenvalue weighted by Crippen LogP contribution is -2.42. The Morgan fingerprint density at radius 3 is 2.33 bits per heavy atom. The molecule has 0 saturated heterocycles. The van der Waals surface area contributed by atoms with E-state index >= 15 is 0 Å². The minimum absolute atomic E-state index is 0.0508. The second-order valence-electron chi connectivity index (χ2n) is 10.5. The SMILES string of the molecule is CC1=C(C#N)C(=O)N(Cc2ccccc2)C(=O)/C1=C/c1cn(-c2ccccc2)nc1-c1cccc(OCc2ccccc2Cl)c1. The molecule has 0 aliphatic carbocycles. The summed E-state index contributed by atoms with van der Waals surface area (Å²) in [5.74, 6) is -0.461. The van der Waals surface area contributed by atoms with Gasteiger partial charge in [-0.2, -0.15) is 10.4 Å². The van der Waals surface area contributed by atoms with E-state index in [1.54, 1.807) is 17.7 Å². The zero-order valence-electron chi connectivity index (χ0n) is 24.4. The molecule has 0 atom stereocenters. The molecule has 0 unspecified atom stereocenters. The Morgan fingerprint density at radius 2 is 1.60 bits per heavy atom. The minimum Gasteiger partial charge on any atom is -0.489 e. The maximum absolute atomic E-state index is 13.9. The van der Waals surface area contributed by atoms with Crippen LogP contribution in [0.4, 0.5) is 0 Å². The first-order chi connectivity index (χ1) is 21.9. The van der Waals surface area contributed by atoms with Gasteiger partial charge in [-0.15, -0.1) is 0 Å². The fourth-order valence-electron chi connectivity index (χ4n) is 5.13. The molecule has 5 aromatic rings. The average molecular weight is 611 g/mol. The molecule has 4 aromatic carbocycles. The van der Waals surface area contributed by atoms with Gasteiger partial charge in [-0.05, 0) is 54.5 Å². The predicted molar refractivity (Wildman–Crippen MR) is 173 cm³/mol. The lowest BCUT2D eigenvalue weighted by Gasteiger charge is -2.27. The van der Waals surface area contributed by atoms with Crippen molar-refractivity contribution in [1.82, 2.24) is 14.7 Å². The first-order valence-electron chi connectivity index (χ1n) is 14.3. The van der Waals surface area contributed by atoms with Crippen molar-refractivity contribution in [1.29, 1.82) is 5.26 Å². The lowest BCUT2D eigenvalue weighted by molar-refractivity contribution is -0.141. The minimum atomic E-state index is -0.607. The normalized spacial score (nSPS) is 14.2. The Labute approximate surface area is 265 Å². The molecule has 0 bridgehead atoms. The number of halogens is 1. The first-order valence-corrected chi connectivity index (χ1v) is 14.7. The average Bonchev–Trinajstić information content (AvgIpc) is 3.50. The van der Waals surface area contributed by atoms with Crippen LogP contribution in [0.3, 0.4) is 0 Å². The van der Waals surface area contributed by atoms with Gasteiger partial charge >= 0.3 is 0 Å². The molecule has 6 rings (SSSR count). The fraction of sp³-hybridized carbons (Fsp3) is 0.0811. The first kappa shape index (κ1) is 29.4. The molecule has 1 aliphatic heterocycles. The van der Waals surface area contributed by atoms with E-state index in [0.717, 1.165) is 27.3 Å². The zero-order chi connectivity index (χ0) is 31.3. The number of hydrogen-bond acceptors (Lipinski definition) is 5. The molecule has 0 spiro atoms. The van der Waals surface area contributed by atoms with Gasteiger partial charge in [-0.25, -0.2) is 4.68 Å². The summed E-state index contributed by atoms with van der Waals surface area (Å²) >= 11 is 6.33. The van der Waals surface area contributed by atoms with E-state index in [1.807, 2.05) is 121 Å². The quantitative estimate of drug-likeness (QED) is 0.134. The van der Waals surface area contributed by atoms with E-state index in [1.165, 1.54) is 0 Å². The van der Waals surface area contributed by atoms with Crippen molar-refractivity contribution >= 4 is 29.5 Å². The number of carbonyl (C=O) groups excluding carboxylic acids is 2. The number of nitrogens with zero attached hydrogens (tertiary/aromatic N) is 4. The van der Waals surface area contributed by atoms with E-state index in [4.69, 9.17) is 21.4 Å². The molecule has 45 heavy (non-hydrogen) atoms. The Morgan fingerprint density at radius 1 is 0.889 bits per heavy atom. The molecular formula is C37H27ClN4O3. The molecule has 1 aliphatic rings. The third-order valence-corrected chi connectivity index (χ3v) is 7.90. The number of ether oxygens (including phenoxy) is 1. The molecule has 0 fully saturated rings. The number of aromatic nitrogens is 2. The topological polar surface area (TPSA) is 88.2 Å². The Bertz CT molecular complexity index is 2010. The number of amides is 2. The fourth-order valence-corrected chi connectivity index (χ4v) is 5.33. The van der Waals surface area contributed by atoms with Crippen molar-refractivity contribution in [3.05, 3.63) is 154 Å². The third kappa shape index (κ3) is 6.19. The van der Waals surface area contributed by atoms with Crippen LogP contribution < -0.4 is 4.74 Å². The highest BCUT2D eigenvalue weighted by molar-refractivity contribution is 6.31. The molecule has 0 N–H and O–H groups in total. The second kappa shape index (κ2) is 12.9. The Hall–Kier alpha value is -5.71. The maximum atomic E-state index is 13.9. The number of para-hydroxylation sites is 1. The number of nitriles is 1. The van der Waals surface area contributed by atoms with E-state index in [-0.39, 0.29) is 17.7 Å². The van der Waals surface area contributed by atoms with Crippen molar-refractivity contribution < 1.29 is 14.3 Å². The van der Waals surface area contributed by atoms with Crippen LogP contribution in [0.25, 0.3) is 23.0 Å². The summed E-state index contributed by atoms with van der Waals surface area (Å²) in [5, 5.41) is 15.4. The maximum Gasteiger partial charge on any atom is 0.271 e. The third-order valence-electron chi connectivity index (χ3n) is 7.53. The van der Waals surface area contributed by atoms with Gasteiger partial charge in [0, 0.05) is 33.5 Å². The van der Waals surface area contributed by atoms with E-state index in [0.29, 0.717) is 34.2 Å². The smallest absolute Gasteiger partial charge is 0.271 e. The molecule has 7 nitrogen and oxygen atoms in total. The van der Waals surface area contributed by atoms with Gasteiger partial charge in [0.05, 0.1) is 12.2 Å². The summed E-state index contributed by atoms with van der Waals surface area (Å²) in [6, 6.07) is 35.9. The summed E-state index contributed by atoms with van der Waals surface area (Å²) in [5.41, 5.74) is 4.98. The number of carbonyl (C=O) groups is 2. The van der Waals surface area contributed by atoms with Gasteiger partial charge in [0.1, 0.15) is 29.7 Å². The van der Waals surface area contributed by atoms with Gasteiger partial charge in [-0.1, -0.05) is 90.5 Å². The second-order valence-corrected chi connectivity index (χ2v) is 10.9. The largest absolute Gasteiger partial charge is 0.489 e. The molecule has 1 aromatic heterocycles. The van der Waals surface area contributed by atoms with Gasteiger partial charge in [0.15, 0.2) is 0 Å². The Kier molecular flexibility index (Phi) is 8.41. The van der Waals surface area contributed by atoms with Crippen molar-refractivity contribution in [3.8, 4) is 28.8 Å². The summed E-state index contributed by atoms with van der Waals surface area (Å²) in [4.78, 5) is 28.2. The van der Waals surface area contributed by atoms with Crippen LogP contribution >= 0.6 is 11.6 Å². The van der Waals surface area contributed by atoms with Crippen LogP contribution in [0.2, 0.25) is 5.02 Å². The molecule has 8 heteroatoms. The number of benzene rings is 4. The summed E-state index contributed by atoms with van der Waals surface area (Å²) in [6.07, 6.45) is 3.54. The lowest BCUT2D eigenvalue weighted by atomic mass is 9.93. The molecule has 0 radical (unpaired) electrons. The van der Waals surface area contributed by atoms with Gasteiger partial charge in [0.25, 0.3) is 11.8 Å². The predicted octanol–water partition coefficient (Wildman–Crippen LogP) is 7.56. The molecule has 0 saturated carbocycles. The highest BCUT2D eigenvalue weighted by Crippen LogP contribution is 2.33. The summed E-state index contributed by atoms with van der Waals surface area (Å²) < 4.78 is 7.82. The van der Waals surface area contributed by atoms with Crippen molar-refractivity contribution in [2.24, 2.45) is 0 Å². The van der Waals surface area contributed by atoms with Gasteiger partial charge in [-0.3, -0.25) is 14.5 Å². The van der Waals surface area contributed by atoms with Gasteiger partial charge in [0.2, 0.25) is 0 Å². The van der Waals surface area contributed by atoms with Crippen molar-refractivity contribution in [3.63, 3.8) is 0 Å². The summed E-state index contributed by atoms with van der Waals surface area (Å²) in [6.45, 7) is 1.97. The van der Waals surface area contributed by atoms with Crippen LogP contribution in [0.1, 0.15) is 23.6 Å². The van der Waals surface area contributed by atoms with Gasteiger partial charge < -0.3 is 4.74 Å². The summed E-state index contributed by atoms with van der Waals surface area (Å²) in [7, 11) is 0. The van der Waals surface area contributed by atoms with Crippen LogP contribution in [-0.2, 0) is 22.7 Å². The van der Waals surface area contributed by atoms with Crippen LogP contribution in [-0.4, -0.2) is 26.5 Å². The van der Waals surface area contributed by atoms with Crippen LogP contribution in [0, 0.1) is 11.3 Å². The monoisotopic (exact) mass is 610 g/mol. The molecule has 2 heterocycles. The van der Waals surface area contributed by atoms with Crippen molar-refractivity contribution in [2.75, 3.05) is 0 Å². The highest BCUT2D eigenvalue weighted by Gasteiger charge is 2.35. The van der Waals surface area contributed by atoms with Crippen LogP contribution in [0.5, 0.6) is 5.75 Å². The zero-order valence-corrected chi connectivity index (χ0v) is 25.1. The molecule has 220 valence electrons. The molecular weight excluding hydrogens is 584 g/mol. The van der Waals surface area contributed by atoms with Crippen molar-refractivity contribution in [2.45, 2.75) is 20.1 Å². The standard InChI is InChI=1S/C37H27ClN4O3/c1-25-32(36(43)41(37(44)33(25)21-39)22-26-11-4-2-5-12-26)20-29-23-42(30-15-6-3-7-16-30)40-35(29)27-14-10-17-31(19-27)45-24-28-13-8-9-18-34(28)38/h2-20,23H,22,24H2,1H3/b32-20+. The Balaban J connectivity index is 1.42. The number of rotatable bonds is 8.